The van der Waals surface area contributed by atoms with Gasteiger partial charge in [-0.15, -0.1) is 0 Å². The fourth-order valence-corrected chi connectivity index (χ4v) is 2.03. The van der Waals surface area contributed by atoms with Crippen LogP contribution in [0.25, 0.3) is 6.08 Å². The summed E-state index contributed by atoms with van der Waals surface area (Å²) < 4.78 is 13.2. The summed E-state index contributed by atoms with van der Waals surface area (Å²) in [5.41, 5.74) is -0.723. The molecule has 1 saturated heterocycles. The summed E-state index contributed by atoms with van der Waals surface area (Å²) in [6, 6.07) is 1.95. The molecule has 0 aliphatic carbocycles. The van der Waals surface area contributed by atoms with Gasteiger partial charge < -0.3 is 14.5 Å². The first-order valence-electron chi connectivity index (χ1n) is 7.86. The molecule has 22 heavy (non-hydrogen) atoms. The molecule has 2 heterocycles. The topological polar surface area (TPSA) is 56.5 Å². The van der Waals surface area contributed by atoms with Gasteiger partial charge in [-0.3, -0.25) is 0 Å². The highest BCUT2D eigenvalue weighted by Crippen LogP contribution is 2.24. The summed E-state index contributed by atoms with van der Waals surface area (Å²) >= 11 is 0. The number of hydrogen-bond acceptors (Lipinski definition) is 4. The van der Waals surface area contributed by atoms with Crippen molar-refractivity contribution in [3.8, 4) is 0 Å². The Morgan fingerprint density at radius 2 is 2.18 bits per heavy atom. The molecule has 0 spiro atoms. The van der Waals surface area contributed by atoms with Gasteiger partial charge in [-0.1, -0.05) is 5.98 Å². The minimum absolute atomic E-state index is 0.0604. The number of rotatable bonds is 6. The molecule has 1 radical (unpaired) electrons. The molecule has 5 nitrogen and oxygen atoms in total. The van der Waals surface area contributed by atoms with Gasteiger partial charge in [0, 0.05) is 12.8 Å². The number of hydrogen-bond donors (Lipinski definition) is 1. The van der Waals surface area contributed by atoms with Crippen LogP contribution in [0.15, 0.2) is 18.2 Å². The van der Waals surface area contributed by atoms with Crippen molar-refractivity contribution < 1.29 is 14.5 Å². The molecule has 0 amide bonds. The SMILES string of the molecule is CC(C)(O)C(C)(C)O[B]/C=C/c1ccn(C2CCCCO2)n1. The fourth-order valence-electron chi connectivity index (χ4n) is 2.03. The minimum atomic E-state index is -0.919. The molecule has 6 heteroatoms. The lowest BCUT2D eigenvalue weighted by Crippen LogP contribution is -2.47. The summed E-state index contributed by atoms with van der Waals surface area (Å²) in [6.45, 7) is 7.98. The Bertz CT molecular complexity index is 500. The quantitative estimate of drug-likeness (QED) is 0.821. The molecule has 1 fully saturated rings. The van der Waals surface area contributed by atoms with Gasteiger partial charge in [0.1, 0.15) is 6.23 Å². The van der Waals surface area contributed by atoms with E-state index in [1.165, 1.54) is 6.42 Å². The number of nitrogens with zero attached hydrogens (tertiary/aromatic N) is 2. The van der Waals surface area contributed by atoms with E-state index in [1.807, 2.05) is 36.9 Å². The molecule has 1 aliphatic rings. The van der Waals surface area contributed by atoms with Crippen molar-refractivity contribution in [1.29, 1.82) is 0 Å². The Kier molecular flexibility index (Phi) is 5.48. The molecule has 1 aromatic heterocycles. The Morgan fingerprint density at radius 1 is 1.41 bits per heavy atom. The van der Waals surface area contributed by atoms with Crippen LogP contribution in [-0.2, 0) is 9.39 Å². The van der Waals surface area contributed by atoms with Crippen LogP contribution in [0, 0.1) is 0 Å². The van der Waals surface area contributed by atoms with Gasteiger partial charge in [-0.25, -0.2) is 4.68 Å². The lowest BCUT2D eigenvalue weighted by molar-refractivity contribution is -0.0894. The molecular weight excluding hydrogens is 279 g/mol. The highest BCUT2D eigenvalue weighted by atomic mass is 16.5. The van der Waals surface area contributed by atoms with Gasteiger partial charge in [0.15, 0.2) is 0 Å². The van der Waals surface area contributed by atoms with E-state index in [0.29, 0.717) is 0 Å². The normalized spacial score (nSPS) is 20.5. The summed E-state index contributed by atoms with van der Waals surface area (Å²) in [5, 5.41) is 14.5. The lowest BCUT2D eigenvalue weighted by Gasteiger charge is -2.37. The lowest BCUT2D eigenvalue weighted by atomic mass is 9.86. The average Bonchev–Trinajstić information content (AvgIpc) is 2.92. The van der Waals surface area contributed by atoms with Crippen LogP contribution in [0.5, 0.6) is 0 Å². The second kappa shape index (κ2) is 6.98. The number of aromatic nitrogens is 2. The monoisotopic (exact) mass is 305 g/mol. The van der Waals surface area contributed by atoms with Crippen molar-refractivity contribution >= 4 is 13.6 Å². The smallest absolute Gasteiger partial charge is 0.323 e. The number of ether oxygens (including phenoxy) is 1. The number of aliphatic hydroxyl groups is 1. The molecule has 1 unspecified atom stereocenters. The first-order valence-corrected chi connectivity index (χ1v) is 7.86. The molecule has 0 aromatic carbocycles. The molecule has 0 saturated carbocycles. The Hall–Kier alpha value is -1.11. The summed E-state index contributed by atoms with van der Waals surface area (Å²) in [5.74, 6) is 1.79. The van der Waals surface area contributed by atoms with Crippen LogP contribution < -0.4 is 0 Å². The van der Waals surface area contributed by atoms with Crippen molar-refractivity contribution in [2.45, 2.75) is 64.4 Å². The molecule has 0 bridgehead atoms. The third-order valence-electron chi connectivity index (χ3n) is 4.26. The van der Waals surface area contributed by atoms with Gasteiger partial charge >= 0.3 is 7.48 Å². The zero-order chi connectivity index (χ0) is 16.2. The van der Waals surface area contributed by atoms with E-state index >= 15 is 0 Å². The van der Waals surface area contributed by atoms with Crippen LogP contribution in [0.2, 0.25) is 0 Å². The largest absolute Gasteiger partial charge is 0.427 e. The zero-order valence-electron chi connectivity index (χ0n) is 14.0. The maximum absolute atomic E-state index is 10.0. The summed E-state index contributed by atoms with van der Waals surface area (Å²) in [6.07, 6.45) is 7.21. The van der Waals surface area contributed by atoms with E-state index in [-0.39, 0.29) is 6.23 Å². The van der Waals surface area contributed by atoms with Crippen LogP contribution in [0.4, 0.5) is 0 Å². The molecule has 2 rings (SSSR count). The highest BCUT2D eigenvalue weighted by molar-refractivity contribution is 6.35. The first kappa shape index (κ1) is 17.3. The summed E-state index contributed by atoms with van der Waals surface area (Å²) in [7, 11) is 1.59. The maximum atomic E-state index is 10.0. The summed E-state index contributed by atoms with van der Waals surface area (Å²) in [4.78, 5) is 0. The van der Waals surface area contributed by atoms with Crippen molar-refractivity contribution in [1.82, 2.24) is 9.78 Å². The van der Waals surface area contributed by atoms with E-state index in [1.54, 1.807) is 27.3 Å². The van der Waals surface area contributed by atoms with Gasteiger partial charge in [-0.05, 0) is 59.1 Å². The zero-order valence-corrected chi connectivity index (χ0v) is 14.0. The van der Waals surface area contributed by atoms with Crippen LogP contribution >= 0.6 is 0 Å². The van der Waals surface area contributed by atoms with E-state index in [0.717, 1.165) is 25.1 Å². The predicted molar refractivity (Wildman–Crippen MR) is 87.3 cm³/mol. The average molecular weight is 305 g/mol. The Morgan fingerprint density at radius 3 is 2.82 bits per heavy atom. The highest BCUT2D eigenvalue weighted by Gasteiger charge is 2.35. The predicted octanol–water partition coefficient (Wildman–Crippen LogP) is 2.74. The van der Waals surface area contributed by atoms with Gasteiger partial charge in [0.25, 0.3) is 0 Å². The molecular formula is C16H26BN2O3. The Labute approximate surface area is 133 Å². The Balaban J connectivity index is 1.85. The van der Waals surface area contributed by atoms with Crippen LogP contribution in [0.3, 0.4) is 0 Å². The van der Waals surface area contributed by atoms with Gasteiger partial charge in [0.2, 0.25) is 0 Å². The minimum Gasteiger partial charge on any atom is -0.427 e. The molecule has 1 N–H and O–H groups in total. The second-order valence-electron chi connectivity index (χ2n) is 6.72. The van der Waals surface area contributed by atoms with Crippen molar-refractivity contribution in [3.05, 3.63) is 23.9 Å². The van der Waals surface area contributed by atoms with E-state index in [4.69, 9.17) is 9.39 Å². The first-order chi connectivity index (χ1) is 10.3. The second-order valence-corrected chi connectivity index (χ2v) is 6.72. The van der Waals surface area contributed by atoms with Gasteiger partial charge in [0.05, 0.1) is 16.9 Å². The van der Waals surface area contributed by atoms with E-state index < -0.39 is 11.2 Å². The van der Waals surface area contributed by atoms with Crippen molar-refractivity contribution in [2.75, 3.05) is 6.61 Å². The van der Waals surface area contributed by atoms with Crippen LogP contribution in [-0.4, -0.2) is 40.2 Å². The van der Waals surface area contributed by atoms with Crippen LogP contribution in [0.1, 0.15) is 58.9 Å². The van der Waals surface area contributed by atoms with Gasteiger partial charge in [-0.2, -0.15) is 5.10 Å². The van der Waals surface area contributed by atoms with Crippen molar-refractivity contribution in [2.24, 2.45) is 0 Å². The van der Waals surface area contributed by atoms with E-state index in [9.17, 15) is 5.11 Å². The third-order valence-corrected chi connectivity index (χ3v) is 4.26. The third kappa shape index (κ3) is 4.45. The molecule has 1 aromatic rings. The maximum Gasteiger partial charge on any atom is 0.323 e. The van der Waals surface area contributed by atoms with E-state index in [2.05, 4.69) is 5.10 Å². The molecule has 1 atom stereocenters. The standard InChI is InChI=1S/C16H26BN2O3/c1-15(2,20)16(3,4)22-17-10-8-13-9-11-19(18-13)14-7-5-6-12-21-14/h8-11,14,20H,5-7,12H2,1-4H3/b10-8+. The van der Waals surface area contributed by atoms with Crippen molar-refractivity contribution in [3.63, 3.8) is 0 Å². The molecule has 121 valence electrons. The fraction of sp³-hybridized carbons (Fsp3) is 0.688. The molecule has 1 aliphatic heterocycles.